The standard InChI is InChI=1S/C11H12N2.C2H6/c1-8-3-5-10-11(6-4-8)13-9(2)7-12-10;1-2/h3-8H,1-2H3;1-2H3. The van der Waals surface area contributed by atoms with E-state index in [1.54, 1.807) is 6.20 Å². The molecule has 1 atom stereocenters. The van der Waals surface area contributed by atoms with Gasteiger partial charge < -0.3 is 0 Å². The Hall–Kier alpha value is -1.44. The van der Waals surface area contributed by atoms with E-state index in [2.05, 4.69) is 29.0 Å². The van der Waals surface area contributed by atoms with Gasteiger partial charge in [0, 0.05) is 6.20 Å². The Morgan fingerprint density at radius 2 is 1.67 bits per heavy atom. The van der Waals surface area contributed by atoms with E-state index in [0.717, 1.165) is 17.1 Å². The normalized spacial score (nSPS) is 17.5. The summed E-state index contributed by atoms with van der Waals surface area (Å²) in [5.41, 5.74) is 2.90. The van der Waals surface area contributed by atoms with E-state index in [0.29, 0.717) is 5.92 Å². The molecular weight excluding hydrogens is 184 g/mol. The first-order valence-electron chi connectivity index (χ1n) is 5.46. The highest BCUT2D eigenvalue weighted by Gasteiger charge is 2.04. The minimum Gasteiger partial charge on any atom is -0.253 e. The lowest BCUT2D eigenvalue weighted by Crippen LogP contribution is -1.92. The fraction of sp³-hybridized carbons (Fsp3) is 0.385. The van der Waals surface area contributed by atoms with Crippen LogP contribution in [0.2, 0.25) is 0 Å². The van der Waals surface area contributed by atoms with E-state index in [1.807, 2.05) is 32.9 Å². The van der Waals surface area contributed by atoms with Gasteiger partial charge in [-0.25, -0.2) is 4.98 Å². The minimum absolute atomic E-state index is 0.469. The monoisotopic (exact) mass is 202 g/mol. The number of nitrogens with zero attached hydrogens (tertiary/aromatic N) is 2. The van der Waals surface area contributed by atoms with Crippen molar-refractivity contribution in [1.29, 1.82) is 0 Å². The first kappa shape index (κ1) is 11.6. The highest BCUT2D eigenvalue weighted by Crippen LogP contribution is 2.15. The van der Waals surface area contributed by atoms with E-state index >= 15 is 0 Å². The maximum absolute atomic E-state index is 4.41. The molecule has 1 aliphatic carbocycles. The topological polar surface area (TPSA) is 25.8 Å². The third-order valence-corrected chi connectivity index (χ3v) is 2.07. The van der Waals surface area contributed by atoms with E-state index in [-0.39, 0.29) is 0 Å². The van der Waals surface area contributed by atoms with Gasteiger partial charge in [0.05, 0.1) is 17.1 Å². The van der Waals surface area contributed by atoms with Gasteiger partial charge in [-0.05, 0) is 25.0 Å². The van der Waals surface area contributed by atoms with Crippen LogP contribution < -0.4 is 0 Å². The summed E-state index contributed by atoms with van der Waals surface area (Å²) in [5, 5.41) is 0. The van der Waals surface area contributed by atoms with Crippen molar-refractivity contribution >= 4 is 12.2 Å². The lowest BCUT2D eigenvalue weighted by atomic mass is 10.2. The van der Waals surface area contributed by atoms with E-state index in [1.165, 1.54) is 0 Å². The van der Waals surface area contributed by atoms with Crippen LogP contribution in [0.15, 0.2) is 18.3 Å². The molecule has 0 aliphatic heterocycles. The van der Waals surface area contributed by atoms with Crippen molar-refractivity contribution in [3.63, 3.8) is 0 Å². The summed E-state index contributed by atoms with van der Waals surface area (Å²) in [4.78, 5) is 8.72. The van der Waals surface area contributed by atoms with E-state index in [9.17, 15) is 0 Å². The van der Waals surface area contributed by atoms with Crippen LogP contribution in [0, 0.1) is 12.8 Å². The molecule has 0 aromatic carbocycles. The molecule has 2 rings (SSSR count). The van der Waals surface area contributed by atoms with Crippen LogP contribution >= 0.6 is 0 Å². The summed E-state index contributed by atoms with van der Waals surface area (Å²) in [7, 11) is 0. The van der Waals surface area contributed by atoms with Gasteiger partial charge in [-0.1, -0.05) is 32.9 Å². The zero-order valence-corrected chi connectivity index (χ0v) is 9.86. The molecule has 0 radical (unpaired) electrons. The van der Waals surface area contributed by atoms with E-state index < -0.39 is 0 Å². The predicted octanol–water partition coefficient (Wildman–Crippen LogP) is 3.49. The summed E-state index contributed by atoms with van der Waals surface area (Å²) in [6, 6.07) is 0. The molecule has 0 fully saturated rings. The number of rotatable bonds is 0. The number of aryl methyl sites for hydroxylation is 1. The summed E-state index contributed by atoms with van der Waals surface area (Å²) in [6.07, 6.45) is 10.1. The highest BCUT2D eigenvalue weighted by molar-refractivity contribution is 5.62. The van der Waals surface area contributed by atoms with Gasteiger partial charge in [-0.15, -0.1) is 0 Å². The van der Waals surface area contributed by atoms with Gasteiger partial charge in [0.15, 0.2) is 0 Å². The second-order valence-corrected chi connectivity index (χ2v) is 3.36. The van der Waals surface area contributed by atoms with Gasteiger partial charge in [0.25, 0.3) is 0 Å². The lowest BCUT2D eigenvalue weighted by molar-refractivity contribution is 0.953. The molecule has 1 aliphatic rings. The number of fused-ring (bicyclic) bond motifs is 1. The number of aromatic nitrogens is 2. The van der Waals surface area contributed by atoms with Gasteiger partial charge in [-0.2, -0.15) is 0 Å². The Bertz CT molecular complexity index is 378. The molecule has 1 aromatic rings. The molecule has 0 bridgehead atoms. The van der Waals surface area contributed by atoms with Crippen molar-refractivity contribution in [2.75, 3.05) is 0 Å². The Morgan fingerprint density at radius 3 is 2.33 bits per heavy atom. The van der Waals surface area contributed by atoms with Crippen molar-refractivity contribution in [2.45, 2.75) is 27.7 Å². The van der Waals surface area contributed by atoms with Crippen LogP contribution in [0.1, 0.15) is 37.9 Å². The van der Waals surface area contributed by atoms with Crippen LogP contribution in [0.5, 0.6) is 0 Å². The van der Waals surface area contributed by atoms with Gasteiger partial charge in [0.2, 0.25) is 0 Å². The number of allylic oxidation sites excluding steroid dienone is 2. The molecule has 0 spiro atoms. The summed E-state index contributed by atoms with van der Waals surface area (Å²) in [6.45, 7) is 8.10. The molecule has 2 nitrogen and oxygen atoms in total. The van der Waals surface area contributed by atoms with Crippen LogP contribution in [0.25, 0.3) is 12.2 Å². The number of hydrogen-bond donors (Lipinski definition) is 0. The lowest BCUT2D eigenvalue weighted by Gasteiger charge is -1.98. The van der Waals surface area contributed by atoms with Crippen LogP contribution in [-0.4, -0.2) is 9.97 Å². The maximum Gasteiger partial charge on any atom is 0.0886 e. The summed E-state index contributed by atoms with van der Waals surface area (Å²) >= 11 is 0. The Labute approximate surface area is 91.8 Å². The van der Waals surface area contributed by atoms with Gasteiger partial charge >= 0.3 is 0 Å². The minimum atomic E-state index is 0.469. The first-order chi connectivity index (χ1) is 7.25. The quantitative estimate of drug-likeness (QED) is 0.643. The van der Waals surface area contributed by atoms with Crippen molar-refractivity contribution < 1.29 is 0 Å². The highest BCUT2D eigenvalue weighted by atomic mass is 14.8. The van der Waals surface area contributed by atoms with Crippen LogP contribution in [0.4, 0.5) is 0 Å². The molecular formula is C13H18N2. The third-order valence-electron chi connectivity index (χ3n) is 2.07. The number of hydrogen-bond acceptors (Lipinski definition) is 2. The Kier molecular flexibility index (Phi) is 4.22. The maximum atomic E-state index is 4.41. The average Bonchev–Trinajstić information content (AvgIpc) is 2.44. The molecule has 0 N–H and O–H groups in total. The molecule has 0 saturated carbocycles. The van der Waals surface area contributed by atoms with Crippen LogP contribution in [0.3, 0.4) is 0 Å². The molecule has 1 aromatic heterocycles. The SMILES string of the molecule is CC.Cc1cnc2c(n1)C=CC(C)C=C2. The molecule has 1 unspecified atom stereocenters. The molecule has 1 heterocycles. The second kappa shape index (κ2) is 5.44. The Morgan fingerprint density at radius 1 is 1.07 bits per heavy atom. The smallest absolute Gasteiger partial charge is 0.0886 e. The van der Waals surface area contributed by atoms with Crippen molar-refractivity contribution in [1.82, 2.24) is 9.97 Å². The first-order valence-corrected chi connectivity index (χ1v) is 5.46. The van der Waals surface area contributed by atoms with Crippen molar-refractivity contribution in [2.24, 2.45) is 5.92 Å². The fourth-order valence-electron chi connectivity index (χ4n) is 1.31. The molecule has 0 amide bonds. The molecule has 80 valence electrons. The van der Waals surface area contributed by atoms with Gasteiger partial charge in [-0.3, -0.25) is 4.98 Å². The summed E-state index contributed by atoms with van der Waals surface area (Å²) in [5.74, 6) is 0.469. The molecule has 15 heavy (non-hydrogen) atoms. The van der Waals surface area contributed by atoms with Crippen molar-refractivity contribution in [3.05, 3.63) is 35.4 Å². The molecule has 0 saturated heterocycles. The van der Waals surface area contributed by atoms with Crippen molar-refractivity contribution in [3.8, 4) is 0 Å². The third kappa shape index (κ3) is 3.01. The van der Waals surface area contributed by atoms with Crippen LogP contribution in [-0.2, 0) is 0 Å². The largest absolute Gasteiger partial charge is 0.253 e. The summed E-state index contributed by atoms with van der Waals surface area (Å²) < 4.78 is 0. The van der Waals surface area contributed by atoms with E-state index in [4.69, 9.17) is 0 Å². The fourth-order valence-corrected chi connectivity index (χ4v) is 1.31. The molecule has 2 heteroatoms. The Balaban J connectivity index is 0.000000531. The zero-order valence-electron chi connectivity index (χ0n) is 9.86. The van der Waals surface area contributed by atoms with Gasteiger partial charge in [0.1, 0.15) is 0 Å². The second-order valence-electron chi connectivity index (χ2n) is 3.36. The average molecular weight is 202 g/mol. The predicted molar refractivity (Wildman–Crippen MR) is 65.3 cm³/mol. The zero-order chi connectivity index (χ0) is 11.3.